The number of rotatable bonds is 4. The average molecular weight is 413 g/mol. The fourth-order valence-corrected chi connectivity index (χ4v) is 4.27. The van der Waals surface area contributed by atoms with Crippen LogP contribution in [0.2, 0.25) is 5.02 Å². The minimum atomic E-state index is 0.0337. The van der Waals surface area contributed by atoms with Gasteiger partial charge in [-0.1, -0.05) is 48.0 Å². The molecule has 0 saturated carbocycles. The van der Waals surface area contributed by atoms with Gasteiger partial charge in [0, 0.05) is 54.7 Å². The van der Waals surface area contributed by atoms with Crippen LogP contribution in [-0.4, -0.2) is 46.3 Å². The Kier molecular flexibility index (Phi) is 5.88. The van der Waals surface area contributed by atoms with Crippen molar-refractivity contribution in [1.82, 2.24) is 14.3 Å². The van der Waals surface area contributed by atoms with Crippen LogP contribution < -0.4 is 4.90 Å². The predicted molar refractivity (Wildman–Crippen MR) is 113 cm³/mol. The molecular weight excluding hydrogens is 392 g/mol. The highest BCUT2D eigenvalue weighted by Gasteiger charge is 2.22. The van der Waals surface area contributed by atoms with Gasteiger partial charge in [-0.2, -0.15) is 4.37 Å². The van der Waals surface area contributed by atoms with Crippen LogP contribution in [0.4, 0.5) is 5.13 Å². The molecule has 5 nitrogen and oxygen atoms in total. The molecule has 0 radical (unpaired) electrons. The third kappa shape index (κ3) is 4.51. The van der Waals surface area contributed by atoms with E-state index in [9.17, 15) is 4.79 Å². The maximum atomic E-state index is 12.8. The molecule has 2 heterocycles. The lowest BCUT2D eigenvalue weighted by Crippen LogP contribution is -2.35. The van der Waals surface area contributed by atoms with Crippen molar-refractivity contribution in [2.75, 3.05) is 31.1 Å². The highest BCUT2D eigenvalue weighted by Crippen LogP contribution is 2.21. The Morgan fingerprint density at radius 1 is 1.04 bits per heavy atom. The van der Waals surface area contributed by atoms with Gasteiger partial charge in [0.15, 0.2) is 0 Å². The Labute approximate surface area is 173 Å². The van der Waals surface area contributed by atoms with Gasteiger partial charge in [0.2, 0.25) is 5.13 Å². The summed E-state index contributed by atoms with van der Waals surface area (Å²) in [6, 6.07) is 17.4. The lowest BCUT2D eigenvalue weighted by Gasteiger charge is -2.21. The molecule has 1 aliphatic rings. The van der Waals surface area contributed by atoms with Crippen molar-refractivity contribution in [3.8, 4) is 0 Å². The third-order valence-corrected chi connectivity index (χ3v) is 5.84. The molecule has 1 fully saturated rings. The van der Waals surface area contributed by atoms with E-state index in [1.807, 2.05) is 35.2 Å². The summed E-state index contributed by atoms with van der Waals surface area (Å²) >= 11 is 7.47. The standard InChI is InChI=1S/C21H21ClN4OS/c22-18-9-4-8-17(15-18)20(27)25-10-5-11-26(13-12-25)21-23-19(24-28-21)14-16-6-2-1-3-7-16/h1-4,6-9,15H,5,10-14H2. The minimum Gasteiger partial charge on any atom is -0.345 e. The van der Waals surface area contributed by atoms with Crippen molar-refractivity contribution in [3.05, 3.63) is 76.6 Å². The van der Waals surface area contributed by atoms with E-state index in [-0.39, 0.29) is 5.91 Å². The van der Waals surface area contributed by atoms with Gasteiger partial charge < -0.3 is 9.80 Å². The first-order chi connectivity index (χ1) is 13.7. The largest absolute Gasteiger partial charge is 0.345 e. The molecule has 1 aromatic heterocycles. The number of anilines is 1. The lowest BCUT2D eigenvalue weighted by atomic mass is 10.1. The van der Waals surface area contributed by atoms with Gasteiger partial charge in [-0.05, 0) is 30.2 Å². The summed E-state index contributed by atoms with van der Waals surface area (Å²) in [6.07, 6.45) is 1.64. The second-order valence-electron chi connectivity index (χ2n) is 6.80. The van der Waals surface area contributed by atoms with Gasteiger partial charge in [-0.3, -0.25) is 4.79 Å². The Hall–Kier alpha value is -2.44. The highest BCUT2D eigenvalue weighted by atomic mass is 35.5. The van der Waals surface area contributed by atoms with Crippen molar-refractivity contribution in [2.45, 2.75) is 12.8 Å². The van der Waals surface area contributed by atoms with Crippen molar-refractivity contribution >= 4 is 34.2 Å². The molecular formula is C21H21ClN4OS. The number of carbonyl (C=O) groups excluding carboxylic acids is 1. The second kappa shape index (κ2) is 8.71. The summed E-state index contributed by atoms with van der Waals surface area (Å²) in [5, 5.41) is 1.52. The number of nitrogens with zero attached hydrogens (tertiary/aromatic N) is 4. The molecule has 0 atom stereocenters. The van der Waals surface area contributed by atoms with Crippen molar-refractivity contribution < 1.29 is 4.79 Å². The molecule has 1 aliphatic heterocycles. The third-order valence-electron chi connectivity index (χ3n) is 4.79. The Morgan fingerprint density at radius 2 is 1.89 bits per heavy atom. The number of aromatic nitrogens is 2. The van der Waals surface area contributed by atoms with E-state index in [0.29, 0.717) is 17.1 Å². The SMILES string of the molecule is O=C(c1cccc(Cl)c1)N1CCCN(c2nc(Cc3ccccc3)ns2)CC1. The van der Waals surface area contributed by atoms with E-state index in [2.05, 4.69) is 21.4 Å². The van der Waals surface area contributed by atoms with Crippen LogP contribution in [0, 0.1) is 0 Å². The van der Waals surface area contributed by atoms with Crippen LogP contribution in [0.25, 0.3) is 0 Å². The molecule has 3 aromatic rings. The van der Waals surface area contributed by atoms with Gasteiger partial charge in [-0.25, -0.2) is 4.98 Å². The zero-order chi connectivity index (χ0) is 19.3. The Balaban J connectivity index is 1.39. The maximum absolute atomic E-state index is 12.8. The van der Waals surface area contributed by atoms with E-state index >= 15 is 0 Å². The second-order valence-corrected chi connectivity index (χ2v) is 7.97. The van der Waals surface area contributed by atoms with Crippen LogP contribution in [0.5, 0.6) is 0 Å². The monoisotopic (exact) mass is 412 g/mol. The van der Waals surface area contributed by atoms with Crippen LogP contribution >= 0.6 is 23.1 Å². The molecule has 0 N–H and O–H groups in total. The van der Waals surface area contributed by atoms with Crippen molar-refractivity contribution in [1.29, 1.82) is 0 Å². The predicted octanol–water partition coefficient (Wildman–Crippen LogP) is 4.13. The van der Waals surface area contributed by atoms with Crippen LogP contribution in [0.15, 0.2) is 54.6 Å². The fraction of sp³-hybridized carbons (Fsp3) is 0.286. The summed E-state index contributed by atoms with van der Waals surface area (Å²) in [7, 11) is 0. The molecule has 0 spiro atoms. The number of hydrogen-bond acceptors (Lipinski definition) is 5. The summed E-state index contributed by atoms with van der Waals surface area (Å²) in [5.74, 6) is 0.883. The maximum Gasteiger partial charge on any atom is 0.253 e. The lowest BCUT2D eigenvalue weighted by molar-refractivity contribution is 0.0767. The molecule has 2 aromatic carbocycles. The van der Waals surface area contributed by atoms with Gasteiger partial charge in [0.25, 0.3) is 5.91 Å². The summed E-state index contributed by atoms with van der Waals surface area (Å²) < 4.78 is 4.52. The summed E-state index contributed by atoms with van der Waals surface area (Å²) in [4.78, 5) is 21.6. The number of benzene rings is 2. The van der Waals surface area contributed by atoms with E-state index in [4.69, 9.17) is 16.6 Å². The first-order valence-corrected chi connectivity index (χ1v) is 10.5. The smallest absolute Gasteiger partial charge is 0.253 e. The summed E-state index contributed by atoms with van der Waals surface area (Å²) in [6.45, 7) is 3.03. The molecule has 0 aliphatic carbocycles. The van der Waals surface area contributed by atoms with Gasteiger partial charge >= 0.3 is 0 Å². The van der Waals surface area contributed by atoms with Gasteiger partial charge in [0.05, 0.1) is 0 Å². The summed E-state index contributed by atoms with van der Waals surface area (Å²) in [5.41, 5.74) is 1.85. The Morgan fingerprint density at radius 3 is 2.71 bits per heavy atom. The number of carbonyl (C=O) groups is 1. The van der Waals surface area contributed by atoms with E-state index in [0.717, 1.165) is 43.4 Å². The zero-order valence-electron chi connectivity index (χ0n) is 15.4. The molecule has 144 valence electrons. The number of amides is 1. The first-order valence-electron chi connectivity index (χ1n) is 9.35. The molecule has 7 heteroatoms. The zero-order valence-corrected chi connectivity index (χ0v) is 17.0. The molecule has 1 saturated heterocycles. The molecule has 4 rings (SSSR count). The van der Waals surface area contributed by atoms with Crippen molar-refractivity contribution in [3.63, 3.8) is 0 Å². The normalized spacial score (nSPS) is 14.8. The average Bonchev–Trinajstić information content (AvgIpc) is 3.03. The van der Waals surface area contributed by atoms with E-state index < -0.39 is 0 Å². The minimum absolute atomic E-state index is 0.0337. The van der Waals surface area contributed by atoms with E-state index in [1.165, 1.54) is 17.1 Å². The number of hydrogen-bond donors (Lipinski definition) is 0. The Bertz CT molecular complexity index is 946. The van der Waals surface area contributed by atoms with Crippen LogP contribution in [0.1, 0.15) is 28.2 Å². The van der Waals surface area contributed by atoms with E-state index in [1.54, 1.807) is 12.1 Å². The quantitative estimate of drug-likeness (QED) is 0.646. The number of halogens is 1. The van der Waals surface area contributed by atoms with Gasteiger partial charge in [-0.15, -0.1) is 0 Å². The molecule has 1 amide bonds. The van der Waals surface area contributed by atoms with Crippen LogP contribution in [0.3, 0.4) is 0 Å². The fourth-order valence-electron chi connectivity index (χ4n) is 3.34. The molecule has 0 bridgehead atoms. The topological polar surface area (TPSA) is 49.3 Å². The molecule has 0 unspecified atom stereocenters. The highest BCUT2D eigenvalue weighted by molar-refractivity contribution is 7.09. The van der Waals surface area contributed by atoms with Crippen LogP contribution in [-0.2, 0) is 6.42 Å². The first kappa shape index (κ1) is 18.9. The van der Waals surface area contributed by atoms with Gasteiger partial charge in [0.1, 0.15) is 5.82 Å². The molecule has 28 heavy (non-hydrogen) atoms. The van der Waals surface area contributed by atoms with Crippen molar-refractivity contribution in [2.24, 2.45) is 0 Å².